The molecule has 0 aliphatic heterocycles. The normalized spacial score (nSPS) is 10.3. The Hall–Kier alpha value is -3.19. The van der Waals surface area contributed by atoms with Crippen molar-refractivity contribution >= 4 is 40.9 Å². The number of nitrogens with one attached hydrogen (secondary N) is 3. The average molecular weight is 383 g/mol. The Morgan fingerprint density at radius 2 is 1.81 bits per heavy atom. The van der Waals surface area contributed by atoms with Gasteiger partial charge in [0.15, 0.2) is 5.11 Å². The molecule has 2 amide bonds. The number of anilines is 1. The second-order valence-electron chi connectivity index (χ2n) is 5.45. The van der Waals surface area contributed by atoms with Crippen LogP contribution in [0.1, 0.15) is 22.8 Å². The molecule has 0 saturated carbocycles. The third kappa shape index (κ3) is 6.23. The van der Waals surface area contributed by atoms with Crippen LogP contribution in [0.4, 0.5) is 5.69 Å². The SMILES string of the molecule is CCNC(=O)c1ccccc1NC(=S)NC(=O)/C=C/c1ccc(OC)cc1. The van der Waals surface area contributed by atoms with E-state index in [0.717, 1.165) is 11.3 Å². The van der Waals surface area contributed by atoms with E-state index in [-0.39, 0.29) is 16.9 Å². The minimum atomic E-state index is -0.376. The first-order chi connectivity index (χ1) is 13.0. The summed E-state index contributed by atoms with van der Waals surface area (Å²) in [6.45, 7) is 2.36. The molecule has 0 unspecified atom stereocenters. The van der Waals surface area contributed by atoms with Crippen molar-refractivity contribution in [2.24, 2.45) is 0 Å². The van der Waals surface area contributed by atoms with Crippen LogP contribution in [0.2, 0.25) is 0 Å². The largest absolute Gasteiger partial charge is 0.497 e. The first kappa shape index (κ1) is 20.1. The lowest BCUT2D eigenvalue weighted by Gasteiger charge is -2.12. The second-order valence-corrected chi connectivity index (χ2v) is 5.86. The van der Waals surface area contributed by atoms with Gasteiger partial charge in [-0.3, -0.25) is 14.9 Å². The number of hydrogen-bond donors (Lipinski definition) is 3. The summed E-state index contributed by atoms with van der Waals surface area (Å²) in [7, 11) is 1.59. The summed E-state index contributed by atoms with van der Waals surface area (Å²) in [6.07, 6.45) is 3.05. The van der Waals surface area contributed by atoms with Gasteiger partial charge in [0.1, 0.15) is 5.75 Å². The molecule has 0 radical (unpaired) electrons. The molecule has 0 saturated heterocycles. The number of carbonyl (C=O) groups excluding carboxylic acids is 2. The molecule has 7 heteroatoms. The lowest BCUT2D eigenvalue weighted by atomic mass is 10.1. The topological polar surface area (TPSA) is 79.5 Å². The van der Waals surface area contributed by atoms with E-state index < -0.39 is 0 Å². The van der Waals surface area contributed by atoms with Crippen LogP contribution in [0, 0.1) is 0 Å². The molecule has 27 heavy (non-hydrogen) atoms. The summed E-state index contributed by atoms with van der Waals surface area (Å²) >= 11 is 5.16. The Labute approximate surface area is 163 Å². The van der Waals surface area contributed by atoms with Crippen molar-refractivity contribution in [1.82, 2.24) is 10.6 Å². The number of hydrogen-bond acceptors (Lipinski definition) is 4. The molecular formula is C20H21N3O3S. The van der Waals surface area contributed by atoms with Gasteiger partial charge < -0.3 is 15.4 Å². The van der Waals surface area contributed by atoms with Crippen LogP contribution in [0.25, 0.3) is 6.08 Å². The molecule has 0 heterocycles. The third-order valence-corrected chi connectivity index (χ3v) is 3.74. The van der Waals surface area contributed by atoms with Crippen LogP contribution in [0.5, 0.6) is 5.75 Å². The average Bonchev–Trinajstić information content (AvgIpc) is 2.67. The standard InChI is InChI=1S/C20H21N3O3S/c1-3-21-19(25)16-6-4-5-7-17(16)22-20(27)23-18(24)13-10-14-8-11-15(26-2)12-9-14/h4-13H,3H2,1-2H3,(H,21,25)(H2,22,23,24,27)/b13-10+. The summed E-state index contributed by atoms with van der Waals surface area (Å²) in [5, 5.41) is 8.28. The van der Waals surface area contributed by atoms with Crippen LogP contribution in [-0.2, 0) is 4.79 Å². The highest BCUT2D eigenvalue weighted by atomic mass is 32.1. The van der Waals surface area contributed by atoms with Crippen molar-refractivity contribution < 1.29 is 14.3 Å². The molecule has 2 aromatic rings. The van der Waals surface area contributed by atoms with E-state index in [1.165, 1.54) is 6.08 Å². The van der Waals surface area contributed by atoms with Gasteiger partial charge in [0.25, 0.3) is 5.91 Å². The number of amides is 2. The lowest BCUT2D eigenvalue weighted by molar-refractivity contribution is -0.115. The van der Waals surface area contributed by atoms with Gasteiger partial charge in [-0.25, -0.2) is 0 Å². The van der Waals surface area contributed by atoms with Gasteiger partial charge >= 0.3 is 0 Å². The molecule has 0 fully saturated rings. The van der Waals surface area contributed by atoms with Crippen molar-refractivity contribution in [2.45, 2.75) is 6.92 Å². The fourth-order valence-electron chi connectivity index (χ4n) is 2.24. The number of thiocarbonyl (C=S) groups is 1. The van der Waals surface area contributed by atoms with Crippen molar-refractivity contribution in [1.29, 1.82) is 0 Å². The molecule has 0 aliphatic carbocycles. The van der Waals surface area contributed by atoms with E-state index in [1.807, 2.05) is 31.2 Å². The molecule has 2 aromatic carbocycles. The molecule has 0 aromatic heterocycles. The summed E-state index contributed by atoms with van der Waals surface area (Å²) in [6, 6.07) is 14.2. The highest BCUT2D eigenvalue weighted by Gasteiger charge is 2.11. The third-order valence-electron chi connectivity index (χ3n) is 3.54. The van der Waals surface area contributed by atoms with E-state index in [1.54, 1.807) is 37.5 Å². The van der Waals surface area contributed by atoms with E-state index in [4.69, 9.17) is 17.0 Å². The number of benzene rings is 2. The Kier molecular flexibility index (Phi) is 7.51. The number of rotatable bonds is 6. The molecule has 0 atom stereocenters. The lowest BCUT2D eigenvalue weighted by Crippen LogP contribution is -2.34. The van der Waals surface area contributed by atoms with Gasteiger partial charge in [0.05, 0.1) is 18.4 Å². The fraction of sp³-hybridized carbons (Fsp3) is 0.150. The Morgan fingerprint density at radius 3 is 2.48 bits per heavy atom. The number of para-hydroxylation sites is 1. The molecule has 6 nitrogen and oxygen atoms in total. The number of methoxy groups -OCH3 is 1. The number of ether oxygens (including phenoxy) is 1. The molecular weight excluding hydrogens is 362 g/mol. The van der Waals surface area contributed by atoms with E-state index in [2.05, 4.69) is 16.0 Å². The Morgan fingerprint density at radius 1 is 1.11 bits per heavy atom. The monoisotopic (exact) mass is 383 g/mol. The van der Waals surface area contributed by atoms with Gasteiger partial charge in [-0.05, 0) is 55.0 Å². The van der Waals surface area contributed by atoms with Crippen LogP contribution >= 0.6 is 12.2 Å². The zero-order valence-corrected chi connectivity index (χ0v) is 15.9. The quantitative estimate of drug-likeness (QED) is 0.528. The molecule has 0 aliphatic rings. The van der Waals surface area contributed by atoms with Gasteiger partial charge in [-0.2, -0.15) is 0 Å². The van der Waals surface area contributed by atoms with Gasteiger partial charge in [0, 0.05) is 12.6 Å². The molecule has 2 rings (SSSR count). The summed E-state index contributed by atoms with van der Waals surface area (Å²) in [4.78, 5) is 24.1. The van der Waals surface area contributed by atoms with E-state index >= 15 is 0 Å². The van der Waals surface area contributed by atoms with E-state index in [0.29, 0.717) is 17.8 Å². The smallest absolute Gasteiger partial charge is 0.253 e. The number of carbonyl (C=O) groups is 2. The second kappa shape index (κ2) is 10.1. The van der Waals surface area contributed by atoms with Gasteiger partial charge in [-0.1, -0.05) is 24.3 Å². The first-order valence-corrected chi connectivity index (χ1v) is 8.75. The summed E-state index contributed by atoms with van der Waals surface area (Å²) in [5.74, 6) is 0.153. The van der Waals surface area contributed by atoms with E-state index in [9.17, 15) is 9.59 Å². The first-order valence-electron chi connectivity index (χ1n) is 8.34. The van der Waals surface area contributed by atoms with Gasteiger partial charge in [-0.15, -0.1) is 0 Å². The Balaban J connectivity index is 1.96. The predicted molar refractivity (Wildman–Crippen MR) is 111 cm³/mol. The maximum Gasteiger partial charge on any atom is 0.253 e. The Bertz CT molecular complexity index is 848. The van der Waals surface area contributed by atoms with Gasteiger partial charge in [0.2, 0.25) is 5.91 Å². The highest BCUT2D eigenvalue weighted by Crippen LogP contribution is 2.15. The minimum absolute atomic E-state index is 0.108. The van der Waals surface area contributed by atoms with Crippen LogP contribution in [-0.4, -0.2) is 30.6 Å². The predicted octanol–water partition coefficient (Wildman–Crippen LogP) is 2.97. The summed E-state index contributed by atoms with van der Waals surface area (Å²) in [5.41, 5.74) is 1.82. The zero-order valence-electron chi connectivity index (χ0n) is 15.1. The van der Waals surface area contributed by atoms with Crippen molar-refractivity contribution in [3.63, 3.8) is 0 Å². The van der Waals surface area contributed by atoms with Crippen LogP contribution in [0.3, 0.4) is 0 Å². The summed E-state index contributed by atoms with van der Waals surface area (Å²) < 4.78 is 5.09. The van der Waals surface area contributed by atoms with Crippen LogP contribution < -0.4 is 20.7 Å². The van der Waals surface area contributed by atoms with Crippen molar-refractivity contribution in [3.8, 4) is 5.75 Å². The maximum absolute atomic E-state index is 12.1. The maximum atomic E-state index is 12.1. The molecule has 3 N–H and O–H groups in total. The van der Waals surface area contributed by atoms with Crippen molar-refractivity contribution in [3.05, 3.63) is 65.7 Å². The molecule has 0 spiro atoms. The minimum Gasteiger partial charge on any atom is -0.497 e. The molecule has 140 valence electrons. The van der Waals surface area contributed by atoms with Crippen molar-refractivity contribution in [2.75, 3.05) is 19.0 Å². The fourth-order valence-corrected chi connectivity index (χ4v) is 2.45. The zero-order chi connectivity index (χ0) is 19.6. The molecule has 0 bridgehead atoms. The van der Waals surface area contributed by atoms with Crippen LogP contribution in [0.15, 0.2) is 54.6 Å². The highest BCUT2D eigenvalue weighted by molar-refractivity contribution is 7.80.